The maximum atomic E-state index is 12.6. The third-order valence-electron chi connectivity index (χ3n) is 6.15. The standard InChI is InChI=1S/C22H42O4.2H3N/c1-5-9-14-21(15-10-6-2,18-13-19(23)24)22(20(25)26,16-11-7-3)17-12-8-4;;/h5-18H2,1-4H3,(H,23,24)(H,25,26);2*1H3. The van der Waals surface area contributed by atoms with Crippen LogP contribution in [0.15, 0.2) is 0 Å². The molecule has 0 aromatic heterocycles. The molecule has 0 spiro atoms. The van der Waals surface area contributed by atoms with E-state index in [2.05, 4.69) is 27.7 Å². The lowest BCUT2D eigenvalue weighted by Gasteiger charge is -2.53. The molecule has 0 atom stereocenters. The van der Waals surface area contributed by atoms with Crippen LogP contribution in [-0.2, 0) is 9.59 Å². The minimum absolute atomic E-state index is 0. The summed E-state index contributed by atoms with van der Waals surface area (Å²) >= 11 is 0. The summed E-state index contributed by atoms with van der Waals surface area (Å²) in [5.74, 6) is -2.05. The van der Waals surface area contributed by atoms with Crippen molar-refractivity contribution in [3.63, 3.8) is 0 Å². The van der Waals surface area contributed by atoms with Crippen LogP contribution in [0.2, 0.25) is 0 Å². The van der Waals surface area contributed by atoms with E-state index in [1.54, 1.807) is 0 Å². The van der Waals surface area contributed by atoms with Gasteiger partial charge in [-0.05, 0) is 43.9 Å². The second kappa shape index (κ2) is 16.8. The highest BCUT2D eigenvalue weighted by Crippen LogP contribution is 2.55. The van der Waals surface area contributed by atoms with Crippen molar-refractivity contribution >= 4 is 11.9 Å². The Labute approximate surface area is 173 Å². The van der Waals surface area contributed by atoms with E-state index in [9.17, 15) is 19.8 Å². The van der Waals surface area contributed by atoms with Crippen LogP contribution in [0.25, 0.3) is 0 Å². The van der Waals surface area contributed by atoms with E-state index in [0.717, 1.165) is 64.2 Å². The van der Waals surface area contributed by atoms with Crippen LogP contribution in [-0.4, -0.2) is 11.9 Å². The molecule has 0 fully saturated rings. The molecule has 0 bridgehead atoms. The van der Waals surface area contributed by atoms with Crippen LogP contribution >= 0.6 is 0 Å². The molecule has 0 saturated heterocycles. The fourth-order valence-electron chi connectivity index (χ4n) is 4.50. The van der Waals surface area contributed by atoms with Gasteiger partial charge in [0.25, 0.3) is 0 Å². The number of hydrogen-bond acceptors (Lipinski definition) is 4. The number of quaternary nitrogens is 2. The minimum atomic E-state index is -1.08. The van der Waals surface area contributed by atoms with Crippen molar-refractivity contribution in [1.82, 2.24) is 12.3 Å². The van der Waals surface area contributed by atoms with Gasteiger partial charge >= 0.3 is 0 Å². The lowest BCUT2D eigenvalue weighted by Crippen LogP contribution is -2.54. The van der Waals surface area contributed by atoms with E-state index >= 15 is 0 Å². The van der Waals surface area contributed by atoms with Gasteiger partial charge in [0.05, 0.1) is 0 Å². The summed E-state index contributed by atoms with van der Waals surface area (Å²) in [5, 5.41) is 23.8. The third kappa shape index (κ3) is 8.91. The first-order valence-electron chi connectivity index (χ1n) is 10.8. The van der Waals surface area contributed by atoms with Gasteiger partial charge in [-0.15, -0.1) is 0 Å². The SMILES string of the molecule is CCCCC(CCCC)(CCC(=O)[O-])C(CCCC)(CCCC)C(=O)[O-].[NH4+].[NH4+]. The smallest absolute Gasteiger partial charge is 0.0481 e. The molecular weight excluding hydrogens is 356 g/mol. The number of carboxylic acids is 2. The number of carbonyl (C=O) groups is 2. The summed E-state index contributed by atoms with van der Waals surface area (Å²) < 4.78 is 0. The predicted molar refractivity (Wildman–Crippen MR) is 114 cm³/mol. The molecule has 8 N–H and O–H groups in total. The van der Waals surface area contributed by atoms with Gasteiger partial charge in [-0.1, -0.05) is 79.1 Å². The molecule has 0 aromatic carbocycles. The third-order valence-corrected chi connectivity index (χ3v) is 6.15. The molecule has 6 nitrogen and oxygen atoms in total. The number of rotatable bonds is 17. The molecule has 0 radical (unpaired) electrons. The Morgan fingerprint density at radius 3 is 1.29 bits per heavy atom. The van der Waals surface area contributed by atoms with Gasteiger partial charge in [-0.2, -0.15) is 0 Å². The Balaban J connectivity index is -0.00000312. The molecule has 0 aliphatic heterocycles. The Morgan fingerprint density at radius 1 is 0.643 bits per heavy atom. The van der Waals surface area contributed by atoms with Crippen molar-refractivity contribution in [3.8, 4) is 0 Å². The normalized spacial score (nSPS) is 11.4. The lowest BCUT2D eigenvalue weighted by atomic mass is 9.53. The van der Waals surface area contributed by atoms with Crippen molar-refractivity contribution in [1.29, 1.82) is 0 Å². The Kier molecular flexibility index (Phi) is 18.9. The van der Waals surface area contributed by atoms with Crippen molar-refractivity contribution in [2.75, 3.05) is 0 Å². The van der Waals surface area contributed by atoms with Crippen molar-refractivity contribution in [2.45, 2.75) is 118 Å². The molecular formula is C22H48N2O4. The molecule has 0 aliphatic carbocycles. The Morgan fingerprint density at radius 2 is 1.00 bits per heavy atom. The molecule has 0 aliphatic rings. The van der Waals surface area contributed by atoms with Crippen molar-refractivity contribution in [3.05, 3.63) is 0 Å². The Bertz CT molecular complexity index is 397. The average Bonchev–Trinajstić information content (AvgIpc) is 2.61. The fourth-order valence-corrected chi connectivity index (χ4v) is 4.50. The van der Waals surface area contributed by atoms with Crippen LogP contribution in [0, 0.1) is 10.8 Å². The summed E-state index contributed by atoms with van der Waals surface area (Å²) in [6.45, 7) is 8.34. The maximum Gasteiger partial charge on any atom is 0.0481 e. The highest BCUT2D eigenvalue weighted by molar-refractivity contribution is 5.74. The zero-order valence-electron chi connectivity index (χ0n) is 19.5. The van der Waals surface area contributed by atoms with E-state index < -0.39 is 22.8 Å². The van der Waals surface area contributed by atoms with Crippen LogP contribution in [0.1, 0.15) is 118 Å². The molecule has 0 heterocycles. The first kappa shape index (κ1) is 31.6. The van der Waals surface area contributed by atoms with Crippen LogP contribution in [0.4, 0.5) is 0 Å². The number of aliphatic carboxylic acids is 2. The van der Waals surface area contributed by atoms with Gasteiger partial charge in [0.15, 0.2) is 0 Å². The summed E-state index contributed by atoms with van der Waals surface area (Å²) in [5.41, 5.74) is -1.44. The number of carbonyl (C=O) groups excluding carboxylic acids is 2. The second-order valence-corrected chi connectivity index (χ2v) is 7.94. The first-order chi connectivity index (χ1) is 12.4. The maximum absolute atomic E-state index is 12.6. The number of hydrogen-bond donors (Lipinski definition) is 2. The van der Waals surface area contributed by atoms with Crippen LogP contribution in [0.5, 0.6) is 0 Å². The van der Waals surface area contributed by atoms with Crippen molar-refractivity contribution in [2.24, 2.45) is 10.8 Å². The van der Waals surface area contributed by atoms with E-state index in [0.29, 0.717) is 19.3 Å². The van der Waals surface area contributed by atoms with Crippen LogP contribution < -0.4 is 22.5 Å². The van der Waals surface area contributed by atoms with Gasteiger partial charge in [0.1, 0.15) is 0 Å². The topological polar surface area (TPSA) is 153 Å². The van der Waals surface area contributed by atoms with Gasteiger partial charge in [0, 0.05) is 17.4 Å². The summed E-state index contributed by atoms with van der Waals surface area (Å²) in [6, 6.07) is 0. The molecule has 0 saturated carbocycles. The summed E-state index contributed by atoms with van der Waals surface area (Å²) in [4.78, 5) is 23.8. The molecule has 170 valence electrons. The lowest BCUT2D eigenvalue weighted by molar-refractivity contribution is -0.329. The average molecular weight is 405 g/mol. The van der Waals surface area contributed by atoms with E-state index in [-0.39, 0.29) is 18.7 Å². The van der Waals surface area contributed by atoms with E-state index in [4.69, 9.17) is 0 Å². The zero-order valence-corrected chi connectivity index (χ0v) is 19.5. The molecule has 0 aromatic rings. The predicted octanol–water partition coefficient (Wildman–Crippen LogP) is 4.75. The highest BCUT2D eigenvalue weighted by atomic mass is 16.4. The van der Waals surface area contributed by atoms with Crippen molar-refractivity contribution < 1.29 is 19.8 Å². The summed E-state index contributed by atoms with van der Waals surface area (Å²) in [6.07, 6.45) is 10.3. The van der Waals surface area contributed by atoms with Gasteiger partial charge < -0.3 is 32.1 Å². The van der Waals surface area contributed by atoms with E-state index in [1.807, 2.05) is 0 Å². The highest BCUT2D eigenvalue weighted by Gasteiger charge is 2.49. The molecule has 0 unspecified atom stereocenters. The Hall–Kier alpha value is -1.14. The minimum Gasteiger partial charge on any atom is -0.550 e. The quantitative estimate of drug-likeness (QED) is 0.359. The molecule has 0 amide bonds. The summed E-state index contributed by atoms with van der Waals surface area (Å²) in [7, 11) is 0. The van der Waals surface area contributed by atoms with Crippen LogP contribution in [0.3, 0.4) is 0 Å². The van der Waals surface area contributed by atoms with Gasteiger partial charge in [-0.25, -0.2) is 0 Å². The van der Waals surface area contributed by atoms with Gasteiger partial charge in [-0.3, -0.25) is 0 Å². The molecule has 6 heteroatoms. The molecule has 28 heavy (non-hydrogen) atoms. The fraction of sp³-hybridized carbons (Fsp3) is 0.909. The zero-order chi connectivity index (χ0) is 20.1. The van der Waals surface area contributed by atoms with Gasteiger partial charge in [0.2, 0.25) is 0 Å². The number of carboxylic acid groups (broad SMARTS) is 2. The monoisotopic (exact) mass is 404 g/mol. The molecule has 0 rings (SSSR count). The second-order valence-electron chi connectivity index (χ2n) is 7.94. The number of unbranched alkanes of at least 4 members (excludes halogenated alkanes) is 4. The first-order valence-corrected chi connectivity index (χ1v) is 10.8. The largest absolute Gasteiger partial charge is 0.550 e. The van der Waals surface area contributed by atoms with E-state index in [1.165, 1.54) is 0 Å².